The number of hydrogen-bond donors (Lipinski definition) is 1. The predicted molar refractivity (Wildman–Crippen MR) is 70.3 cm³/mol. The van der Waals surface area contributed by atoms with E-state index >= 15 is 0 Å². The van der Waals surface area contributed by atoms with Gasteiger partial charge in [-0.25, -0.2) is 0 Å². The van der Waals surface area contributed by atoms with Crippen LogP contribution >= 0.6 is 11.8 Å². The quantitative estimate of drug-likeness (QED) is 0.381. The molecule has 6 heteroatoms. The highest BCUT2D eigenvalue weighted by Gasteiger charge is 2.14. The monoisotopic (exact) mass is 264 g/mol. The van der Waals surface area contributed by atoms with Gasteiger partial charge >= 0.3 is 0 Å². The van der Waals surface area contributed by atoms with Crippen LogP contribution in [0.3, 0.4) is 0 Å². The lowest BCUT2D eigenvalue weighted by atomic mass is 10.3. The second-order valence-corrected chi connectivity index (χ2v) is 4.85. The third-order valence-electron chi connectivity index (χ3n) is 2.09. The SMILES string of the molecule is C#CCNC(=O)C(C)Sc1ccc([N+](=O)[O-])cc1. The molecule has 0 bridgehead atoms. The first-order valence-electron chi connectivity index (χ1n) is 5.17. The topological polar surface area (TPSA) is 72.2 Å². The summed E-state index contributed by atoms with van der Waals surface area (Å²) in [7, 11) is 0. The molecule has 1 atom stereocenters. The third kappa shape index (κ3) is 4.11. The van der Waals surface area contributed by atoms with E-state index in [1.807, 2.05) is 0 Å². The molecular weight excluding hydrogens is 252 g/mol. The van der Waals surface area contributed by atoms with Crippen molar-refractivity contribution in [1.82, 2.24) is 5.32 Å². The van der Waals surface area contributed by atoms with Crippen molar-refractivity contribution >= 4 is 23.4 Å². The minimum atomic E-state index is -0.461. The van der Waals surface area contributed by atoms with Crippen molar-refractivity contribution < 1.29 is 9.72 Å². The van der Waals surface area contributed by atoms with Crippen molar-refractivity contribution in [3.8, 4) is 12.3 Å². The lowest BCUT2D eigenvalue weighted by Crippen LogP contribution is -2.30. The van der Waals surface area contributed by atoms with E-state index in [2.05, 4.69) is 11.2 Å². The minimum absolute atomic E-state index is 0.0313. The van der Waals surface area contributed by atoms with Gasteiger partial charge in [0, 0.05) is 17.0 Å². The summed E-state index contributed by atoms with van der Waals surface area (Å²) in [5.41, 5.74) is 0.0313. The summed E-state index contributed by atoms with van der Waals surface area (Å²) in [6.45, 7) is 1.95. The van der Waals surface area contributed by atoms with E-state index in [1.54, 1.807) is 19.1 Å². The van der Waals surface area contributed by atoms with E-state index in [4.69, 9.17) is 6.42 Å². The molecule has 1 aromatic rings. The summed E-state index contributed by atoms with van der Waals surface area (Å²) < 4.78 is 0. The molecule has 0 fully saturated rings. The summed E-state index contributed by atoms with van der Waals surface area (Å²) in [6.07, 6.45) is 5.04. The molecule has 0 aliphatic rings. The summed E-state index contributed by atoms with van der Waals surface area (Å²) in [5.74, 6) is 2.16. The van der Waals surface area contributed by atoms with Crippen LogP contribution in [0.5, 0.6) is 0 Å². The van der Waals surface area contributed by atoms with Gasteiger partial charge in [-0.05, 0) is 19.1 Å². The fourth-order valence-electron chi connectivity index (χ4n) is 1.19. The van der Waals surface area contributed by atoms with Gasteiger partial charge in [0.1, 0.15) is 0 Å². The fourth-order valence-corrected chi connectivity index (χ4v) is 2.08. The molecular formula is C12H12N2O3S. The van der Waals surface area contributed by atoms with E-state index in [1.165, 1.54) is 23.9 Å². The van der Waals surface area contributed by atoms with Gasteiger partial charge in [-0.3, -0.25) is 14.9 Å². The van der Waals surface area contributed by atoms with Gasteiger partial charge in [-0.15, -0.1) is 18.2 Å². The van der Waals surface area contributed by atoms with Crippen LogP contribution in [0.2, 0.25) is 0 Å². The number of terminal acetylenes is 1. The lowest BCUT2D eigenvalue weighted by molar-refractivity contribution is -0.384. The van der Waals surface area contributed by atoms with Crippen molar-refractivity contribution in [2.45, 2.75) is 17.1 Å². The fraction of sp³-hybridized carbons (Fsp3) is 0.250. The molecule has 1 N–H and O–H groups in total. The van der Waals surface area contributed by atoms with Crippen LogP contribution in [0.25, 0.3) is 0 Å². The van der Waals surface area contributed by atoms with Crippen LogP contribution in [0, 0.1) is 22.5 Å². The number of thioether (sulfide) groups is 1. The number of rotatable bonds is 5. The zero-order valence-electron chi connectivity index (χ0n) is 9.75. The Hall–Kier alpha value is -2.00. The second kappa shape index (κ2) is 6.67. The van der Waals surface area contributed by atoms with Crippen molar-refractivity contribution in [3.63, 3.8) is 0 Å². The van der Waals surface area contributed by atoms with E-state index in [0.717, 1.165) is 4.90 Å². The number of nitro benzene ring substituents is 1. The molecule has 0 radical (unpaired) electrons. The van der Waals surface area contributed by atoms with Crippen LogP contribution in [0.4, 0.5) is 5.69 Å². The number of non-ortho nitro benzene ring substituents is 1. The predicted octanol–water partition coefficient (Wildman–Crippen LogP) is 1.82. The van der Waals surface area contributed by atoms with E-state index < -0.39 is 4.92 Å². The van der Waals surface area contributed by atoms with Crippen LogP contribution in [0.1, 0.15) is 6.92 Å². The van der Waals surface area contributed by atoms with Gasteiger partial charge in [0.25, 0.3) is 5.69 Å². The number of nitrogens with zero attached hydrogens (tertiary/aromatic N) is 1. The smallest absolute Gasteiger partial charge is 0.269 e. The van der Waals surface area contributed by atoms with Crippen LogP contribution in [-0.4, -0.2) is 22.6 Å². The van der Waals surface area contributed by atoms with Crippen molar-refractivity contribution in [1.29, 1.82) is 0 Å². The molecule has 94 valence electrons. The number of carbonyl (C=O) groups excluding carboxylic acids is 1. The second-order valence-electron chi connectivity index (χ2n) is 3.43. The highest BCUT2D eigenvalue weighted by atomic mass is 32.2. The van der Waals surface area contributed by atoms with Crippen molar-refractivity contribution in [2.75, 3.05) is 6.54 Å². The summed E-state index contributed by atoms with van der Waals surface area (Å²) in [4.78, 5) is 22.4. The molecule has 0 aliphatic carbocycles. The largest absolute Gasteiger partial charge is 0.344 e. The molecule has 1 unspecified atom stereocenters. The zero-order chi connectivity index (χ0) is 13.5. The molecule has 0 spiro atoms. The van der Waals surface area contributed by atoms with Gasteiger partial charge < -0.3 is 5.32 Å². The zero-order valence-corrected chi connectivity index (χ0v) is 10.6. The molecule has 1 rings (SSSR count). The molecule has 1 amide bonds. The maximum atomic E-state index is 11.5. The first-order valence-corrected chi connectivity index (χ1v) is 6.05. The minimum Gasteiger partial charge on any atom is -0.344 e. The molecule has 18 heavy (non-hydrogen) atoms. The Balaban J connectivity index is 2.59. The maximum absolute atomic E-state index is 11.5. The molecule has 0 heterocycles. The van der Waals surface area contributed by atoms with Crippen LogP contribution in [-0.2, 0) is 4.79 Å². The van der Waals surface area contributed by atoms with Crippen LogP contribution in [0.15, 0.2) is 29.2 Å². The molecule has 0 saturated carbocycles. The van der Waals surface area contributed by atoms with Crippen LogP contribution < -0.4 is 5.32 Å². The van der Waals surface area contributed by atoms with Crippen molar-refractivity contribution in [2.24, 2.45) is 0 Å². The number of nitro groups is 1. The summed E-state index contributed by atoms with van der Waals surface area (Å²) in [6, 6.07) is 6.06. The Kier molecular flexibility index (Phi) is 5.21. The number of nitrogens with one attached hydrogen (secondary N) is 1. The van der Waals surface area contributed by atoms with E-state index in [-0.39, 0.29) is 23.4 Å². The van der Waals surface area contributed by atoms with Gasteiger partial charge in [-0.2, -0.15) is 0 Å². The number of benzene rings is 1. The van der Waals surface area contributed by atoms with Gasteiger partial charge in [0.05, 0.1) is 16.7 Å². The molecule has 5 nitrogen and oxygen atoms in total. The van der Waals surface area contributed by atoms with Gasteiger partial charge in [0.15, 0.2) is 0 Å². The Morgan fingerprint density at radius 3 is 2.67 bits per heavy atom. The standard InChI is InChI=1S/C12H12N2O3S/c1-3-8-13-12(15)9(2)18-11-6-4-10(5-7-11)14(16)17/h1,4-7,9H,8H2,2H3,(H,13,15). The first-order chi connectivity index (χ1) is 8.54. The van der Waals surface area contributed by atoms with Gasteiger partial charge in [0.2, 0.25) is 5.91 Å². The number of carbonyl (C=O) groups is 1. The highest BCUT2D eigenvalue weighted by molar-refractivity contribution is 8.00. The van der Waals surface area contributed by atoms with Gasteiger partial charge in [-0.1, -0.05) is 5.92 Å². The molecule has 0 aliphatic heterocycles. The van der Waals surface area contributed by atoms with E-state index in [0.29, 0.717) is 0 Å². The van der Waals surface area contributed by atoms with Crippen molar-refractivity contribution in [3.05, 3.63) is 34.4 Å². The Labute approximate surface area is 109 Å². The highest BCUT2D eigenvalue weighted by Crippen LogP contribution is 2.25. The normalized spacial score (nSPS) is 11.3. The maximum Gasteiger partial charge on any atom is 0.269 e. The Morgan fingerprint density at radius 1 is 1.56 bits per heavy atom. The lowest BCUT2D eigenvalue weighted by Gasteiger charge is -2.10. The summed E-state index contributed by atoms with van der Waals surface area (Å²) in [5, 5.41) is 12.7. The number of hydrogen-bond acceptors (Lipinski definition) is 4. The molecule has 0 aromatic heterocycles. The Morgan fingerprint density at radius 2 is 2.17 bits per heavy atom. The summed E-state index contributed by atoms with van der Waals surface area (Å²) >= 11 is 1.32. The van der Waals surface area contributed by atoms with E-state index in [9.17, 15) is 14.9 Å². The number of amides is 1. The Bertz CT molecular complexity index is 479. The average Bonchev–Trinajstić information content (AvgIpc) is 2.36. The first kappa shape index (κ1) is 14.1. The average molecular weight is 264 g/mol. The molecule has 0 saturated heterocycles. The third-order valence-corrected chi connectivity index (χ3v) is 3.21. The molecule has 1 aromatic carbocycles.